The monoisotopic (exact) mass is 317 g/mol. The number of nitrogens with zero attached hydrogens (tertiary/aromatic N) is 3. The molecule has 0 saturated carbocycles. The maximum absolute atomic E-state index is 5.88. The molecule has 0 saturated heterocycles. The quantitative estimate of drug-likeness (QED) is 0.724. The molecule has 1 aromatic carbocycles. The lowest BCUT2D eigenvalue weighted by Gasteiger charge is -2.10. The Morgan fingerprint density at radius 2 is 1.86 bits per heavy atom. The van der Waals surface area contributed by atoms with Crippen molar-refractivity contribution in [3.8, 4) is 11.4 Å². The second kappa shape index (κ2) is 6.07. The number of pyridine rings is 1. The van der Waals surface area contributed by atoms with E-state index in [0.29, 0.717) is 11.3 Å². The zero-order valence-corrected chi connectivity index (χ0v) is 12.5. The number of aromatic amines is 1. The van der Waals surface area contributed by atoms with Crippen LogP contribution < -0.4 is 5.43 Å². The lowest BCUT2D eigenvalue weighted by Crippen LogP contribution is -2.15. The lowest BCUT2D eigenvalue weighted by atomic mass is 10.2. The topological polar surface area (TPSA) is 58.5 Å². The summed E-state index contributed by atoms with van der Waals surface area (Å²) in [5.74, 6) is 0.719. The van der Waals surface area contributed by atoms with Gasteiger partial charge in [-0.1, -0.05) is 23.7 Å². The fourth-order valence-electron chi connectivity index (χ4n) is 1.91. The Labute approximate surface area is 131 Å². The number of hydrogen-bond donors (Lipinski definition) is 2. The van der Waals surface area contributed by atoms with Crippen LogP contribution in [-0.2, 0) is 6.54 Å². The average Bonchev–Trinajstić information content (AvgIpc) is 2.89. The third-order valence-electron chi connectivity index (χ3n) is 2.97. The summed E-state index contributed by atoms with van der Waals surface area (Å²) in [6.07, 6.45) is 3.44. The Morgan fingerprint density at radius 1 is 1.14 bits per heavy atom. The first-order valence-electron chi connectivity index (χ1n) is 6.30. The Kier molecular flexibility index (Phi) is 3.98. The first-order chi connectivity index (χ1) is 10.2. The molecule has 5 nitrogen and oxygen atoms in total. The van der Waals surface area contributed by atoms with Gasteiger partial charge in [0, 0.05) is 23.0 Å². The van der Waals surface area contributed by atoms with Crippen molar-refractivity contribution < 1.29 is 0 Å². The molecular weight excluding hydrogens is 306 g/mol. The Morgan fingerprint density at radius 3 is 2.57 bits per heavy atom. The van der Waals surface area contributed by atoms with E-state index in [4.69, 9.17) is 23.8 Å². The lowest BCUT2D eigenvalue weighted by molar-refractivity contribution is 0.831. The van der Waals surface area contributed by atoms with Crippen LogP contribution >= 0.6 is 23.8 Å². The summed E-state index contributed by atoms with van der Waals surface area (Å²) in [5, 5.41) is 7.76. The third-order valence-corrected chi connectivity index (χ3v) is 3.49. The maximum atomic E-state index is 5.88. The molecule has 0 aliphatic rings. The van der Waals surface area contributed by atoms with Crippen LogP contribution in [0.5, 0.6) is 0 Å². The molecule has 0 spiro atoms. The summed E-state index contributed by atoms with van der Waals surface area (Å²) in [6, 6.07) is 11.4. The molecule has 2 heterocycles. The smallest absolute Gasteiger partial charge is 0.214 e. The fourth-order valence-corrected chi connectivity index (χ4v) is 2.23. The normalized spacial score (nSPS) is 10.5. The van der Waals surface area contributed by atoms with Crippen molar-refractivity contribution in [1.29, 1.82) is 0 Å². The molecule has 0 radical (unpaired) electrons. The first kappa shape index (κ1) is 13.8. The van der Waals surface area contributed by atoms with Gasteiger partial charge in [0.25, 0.3) is 0 Å². The molecule has 0 amide bonds. The third kappa shape index (κ3) is 3.12. The van der Waals surface area contributed by atoms with Gasteiger partial charge in [-0.15, -0.1) is 0 Å². The SMILES string of the molecule is S=c1[nH]nc(-c2ccncc2)n1NCc1ccc(Cl)cc1. The van der Waals surface area contributed by atoms with Crippen LogP contribution in [0.3, 0.4) is 0 Å². The number of rotatable bonds is 4. The number of nitrogens with one attached hydrogen (secondary N) is 2. The highest BCUT2D eigenvalue weighted by Crippen LogP contribution is 2.15. The van der Waals surface area contributed by atoms with Crippen molar-refractivity contribution in [1.82, 2.24) is 19.9 Å². The van der Waals surface area contributed by atoms with Gasteiger partial charge in [0.05, 0.1) is 6.54 Å². The molecule has 3 rings (SSSR count). The van der Waals surface area contributed by atoms with Crippen molar-refractivity contribution >= 4 is 23.8 Å². The summed E-state index contributed by atoms with van der Waals surface area (Å²) in [5.41, 5.74) is 5.28. The van der Waals surface area contributed by atoms with Crippen LogP contribution in [-0.4, -0.2) is 19.9 Å². The number of benzene rings is 1. The molecule has 106 valence electrons. The molecule has 0 bridgehead atoms. The second-order valence-electron chi connectivity index (χ2n) is 4.39. The Hall–Kier alpha value is -2.18. The zero-order chi connectivity index (χ0) is 14.7. The predicted molar refractivity (Wildman–Crippen MR) is 85.2 cm³/mol. The average molecular weight is 318 g/mol. The molecule has 0 aliphatic carbocycles. The van der Waals surface area contributed by atoms with Gasteiger partial charge in [0.1, 0.15) is 0 Å². The van der Waals surface area contributed by atoms with Crippen LogP contribution in [0.1, 0.15) is 5.56 Å². The summed E-state index contributed by atoms with van der Waals surface area (Å²) in [7, 11) is 0. The highest BCUT2D eigenvalue weighted by Gasteiger charge is 2.08. The number of aromatic nitrogens is 4. The highest BCUT2D eigenvalue weighted by atomic mass is 35.5. The van der Waals surface area contributed by atoms with E-state index in [9.17, 15) is 0 Å². The Bertz CT molecular complexity index is 779. The van der Waals surface area contributed by atoms with Gasteiger partial charge in [0.15, 0.2) is 5.82 Å². The van der Waals surface area contributed by atoms with Gasteiger partial charge in [0.2, 0.25) is 4.77 Å². The Balaban J connectivity index is 1.84. The molecular formula is C14H12ClN5S. The minimum atomic E-state index is 0.510. The number of H-pyrrole nitrogens is 1. The van der Waals surface area contributed by atoms with Gasteiger partial charge in [-0.3, -0.25) is 4.98 Å². The van der Waals surface area contributed by atoms with Gasteiger partial charge < -0.3 is 5.43 Å². The maximum Gasteiger partial charge on any atom is 0.214 e. The van der Waals surface area contributed by atoms with Gasteiger partial charge >= 0.3 is 0 Å². The molecule has 3 aromatic rings. The molecule has 2 aromatic heterocycles. The number of halogens is 1. The van der Waals surface area contributed by atoms with Crippen molar-refractivity contribution in [3.63, 3.8) is 0 Å². The van der Waals surface area contributed by atoms with Crippen LogP contribution in [0.15, 0.2) is 48.8 Å². The molecule has 0 fully saturated rings. The summed E-state index contributed by atoms with van der Waals surface area (Å²) in [4.78, 5) is 4.00. The van der Waals surface area contributed by atoms with Gasteiger partial charge in [-0.25, -0.2) is 9.77 Å². The van der Waals surface area contributed by atoms with Crippen LogP contribution in [0.25, 0.3) is 11.4 Å². The van der Waals surface area contributed by atoms with Crippen LogP contribution in [0.4, 0.5) is 0 Å². The molecule has 0 atom stereocenters. The first-order valence-corrected chi connectivity index (χ1v) is 7.09. The minimum absolute atomic E-state index is 0.510. The second-order valence-corrected chi connectivity index (χ2v) is 5.21. The van der Waals surface area contributed by atoms with E-state index in [1.54, 1.807) is 17.1 Å². The van der Waals surface area contributed by atoms with E-state index in [2.05, 4.69) is 20.6 Å². The molecule has 0 unspecified atom stereocenters. The standard InChI is InChI=1S/C14H12ClN5S/c15-12-3-1-10(2-4-12)9-17-20-13(18-19-14(20)21)11-5-7-16-8-6-11/h1-8,17H,9H2,(H,19,21). The van der Waals surface area contributed by atoms with Gasteiger partial charge in [-0.2, -0.15) is 5.10 Å². The van der Waals surface area contributed by atoms with Gasteiger partial charge in [-0.05, 0) is 42.0 Å². The van der Waals surface area contributed by atoms with Crippen molar-refractivity contribution in [2.45, 2.75) is 6.54 Å². The van der Waals surface area contributed by atoms with Crippen molar-refractivity contribution in [2.75, 3.05) is 5.43 Å². The van der Waals surface area contributed by atoms with Crippen molar-refractivity contribution in [3.05, 3.63) is 64.1 Å². The summed E-state index contributed by atoms with van der Waals surface area (Å²) in [6.45, 7) is 0.614. The van der Waals surface area contributed by atoms with Crippen LogP contribution in [0, 0.1) is 4.77 Å². The summed E-state index contributed by atoms with van der Waals surface area (Å²) >= 11 is 11.1. The highest BCUT2D eigenvalue weighted by molar-refractivity contribution is 7.71. The zero-order valence-electron chi connectivity index (χ0n) is 11.0. The molecule has 7 heteroatoms. The predicted octanol–water partition coefficient (Wildman–Crippen LogP) is 3.40. The van der Waals surface area contributed by atoms with E-state index in [1.807, 2.05) is 36.4 Å². The fraction of sp³-hybridized carbons (Fsp3) is 0.0714. The molecule has 0 aliphatic heterocycles. The largest absolute Gasteiger partial charge is 0.317 e. The summed E-state index contributed by atoms with van der Waals surface area (Å²) < 4.78 is 2.26. The van der Waals surface area contributed by atoms with E-state index >= 15 is 0 Å². The number of hydrogen-bond acceptors (Lipinski definition) is 4. The minimum Gasteiger partial charge on any atom is -0.317 e. The molecule has 21 heavy (non-hydrogen) atoms. The van der Waals surface area contributed by atoms with Crippen molar-refractivity contribution in [2.24, 2.45) is 0 Å². The van der Waals surface area contributed by atoms with E-state index < -0.39 is 0 Å². The molecule has 2 N–H and O–H groups in total. The van der Waals surface area contributed by atoms with Crippen LogP contribution in [0.2, 0.25) is 5.02 Å². The van der Waals surface area contributed by atoms with E-state index in [-0.39, 0.29) is 0 Å². The van der Waals surface area contributed by atoms with E-state index in [1.165, 1.54) is 0 Å². The van der Waals surface area contributed by atoms with E-state index in [0.717, 1.165) is 22.0 Å².